The molecule has 0 atom stereocenters. The van der Waals surface area contributed by atoms with E-state index >= 15 is 0 Å². The zero-order valence-corrected chi connectivity index (χ0v) is 10.1. The van der Waals surface area contributed by atoms with Crippen molar-refractivity contribution in [3.05, 3.63) is 29.0 Å². The van der Waals surface area contributed by atoms with Gasteiger partial charge in [0.05, 0.1) is 0 Å². The maximum Gasteiger partial charge on any atom is 0.303 e. The van der Waals surface area contributed by atoms with E-state index in [0.29, 0.717) is 18.0 Å². The average Bonchev–Trinajstić information content (AvgIpc) is 2.27. The molecule has 0 aliphatic rings. The minimum absolute atomic E-state index is 0.0423. The molecule has 1 aromatic heterocycles. The van der Waals surface area contributed by atoms with Gasteiger partial charge in [0, 0.05) is 31.2 Å². The van der Waals surface area contributed by atoms with Gasteiger partial charge in [-0.3, -0.25) is 14.6 Å². The van der Waals surface area contributed by atoms with Crippen LogP contribution in [0, 0.1) is 0 Å². The monoisotopic (exact) mass is 256 g/mol. The van der Waals surface area contributed by atoms with Gasteiger partial charge in [-0.1, -0.05) is 11.6 Å². The Morgan fingerprint density at radius 2 is 2.24 bits per heavy atom. The van der Waals surface area contributed by atoms with Gasteiger partial charge in [-0.15, -0.1) is 0 Å². The summed E-state index contributed by atoms with van der Waals surface area (Å²) in [6.45, 7) is 0.374. The molecule has 0 bridgehead atoms. The number of carboxylic acids is 1. The number of carbonyl (C=O) groups is 2. The van der Waals surface area contributed by atoms with Gasteiger partial charge in [-0.05, 0) is 18.6 Å². The van der Waals surface area contributed by atoms with E-state index in [4.69, 9.17) is 16.7 Å². The summed E-state index contributed by atoms with van der Waals surface area (Å²) in [5.41, 5.74) is 0.260. The highest BCUT2D eigenvalue weighted by molar-refractivity contribution is 6.30. The van der Waals surface area contributed by atoms with Gasteiger partial charge in [-0.2, -0.15) is 0 Å². The molecule has 0 aliphatic carbocycles. The van der Waals surface area contributed by atoms with Crippen LogP contribution in [0.1, 0.15) is 23.3 Å². The molecule has 92 valence electrons. The molecule has 1 heterocycles. The van der Waals surface area contributed by atoms with Crippen molar-refractivity contribution >= 4 is 23.5 Å². The highest BCUT2D eigenvalue weighted by Crippen LogP contribution is 2.09. The number of amides is 1. The summed E-state index contributed by atoms with van der Waals surface area (Å²) in [4.78, 5) is 27.5. The van der Waals surface area contributed by atoms with E-state index in [9.17, 15) is 9.59 Å². The van der Waals surface area contributed by atoms with Gasteiger partial charge in [0.15, 0.2) is 0 Å². The molecule has 1 rings (SSSR count). The van der Waals surface area contributed by atoms with Crippen molar-refractivity contribution in [1.29, 1.82) is 0 Å². The predicted molar refractivity (Wildman–Crippen MR) is 63.1 cm³/mol. The number of carboxylic acid groups (broad SMARTS) is 1. The number of hydrogen-bond donors (Lipinski definition) is 1. The lowest BCUT2D eigenvalue weighted by atomic mass is 10.2. The molecule has 5 nitrogen and oxygen atoms in total. The third-order valence-electron chi connectivity index (χ3n) is 2.17. The number of halogens is 1. The molecule has 0 aromatic carbocycles. The summed E-state index contributed by atoms with van der Waals surface area (Å²) in [7, 11) is 1.60. The highest BCUT2D eigenvalue weighted by atomic mass is 35.5. The van der Waals surface area contributed by atoms with Crippen LogP contribution in [0.3, 0.4) is 0 Å². The molecule has 0 saturated carbocycles. The van der Waals surface area contributed by atoms with Crippen LogP contribution in [0.2, 0.25) is 5.02 Å². The van der Waals surface area contributed by atoms with Crippen molar-refractivity contribution in [1.82, 2.24) is 9.88 Å². The van der Waals surface area contributed by atoms with Crippen LogP contribution in [0.5, 0.6) is 0 Å². The van der Waals surface area contributed by atoms with Crippen LogP contribution in [0.25, 0.3) is 0 Å². The summed E-state index contributed by atoms with van der Waals surface area (Å²) >= 11 is 5.75. The number of nitrogens with zero attached hydrogens (tertiary/aromatic N) is 2. The smallest absolute Gasteiger partial charge is 0.303 e. The minimum atomic E-state index is -0.869. The molecule has 0 unspecified atom stereocenters. The van der Waals surface area contributed by atoms with Gasteiger partial charge in [-0.25, -0.2) is 0 Å². The first-order chi connectivity index (χ1) is 8.00. The Balaban J connectivity index is 2.54. The third-order valence-corrected chi connectivity index (χ3v) is 2.41. The van der Waals surface area contributed by atoms with E-state index in [1.165, 1.54) is 17.2 Å². The molecular formula is C11H13ClN2O3. The number of carbonyl (C=O) groups excluding carboxylic acids is 1. The maximum absolute atomic E-state index is 11.8. The Kier molecular flexibility index (Phi) is 4.90. The molecule has 0 saturated heterocycles. The average molecular weight is 257 g/mol. The quantitative estimate of drug-likeness (QED) is 0.870. The molecular weight excluding hydrogens is 244 g/mol. The lowest BCUT2D eigenvalue weighted by Crippen LogP contribution is -2.28. The van der Waals surface area contributed by atoms with E-state index in [1.54, 1.807) is 13.1 Å². The first-order valence-electron chi connectivity index (χ1n) is 5.09. The lowest BCUT2D eigenvalue weighted by Gasteiger charge is -2.15. The van der Waals surface area contributed by atoms with Crippen molar-refractivity contribution in [3.8, 4) is 0 Å². The second kappa shape index (κ2) is 6.20. The second-order valence-electron chi connectivity index (χ2n) is 3.58. The number of aliphatic carboxylic acids is 1. The number of hydrogen-bond acceptors (Lipinski definition) is 3. The number of rotatable bonds is 5. The Morgan fingerprint density at radius 3 is 2.82 bits per heavy atom. The van der Waals surface area contributed by atoms with Crippen LogP contribution in [0.4, 0.5) is 0 Å². The molecule has 0 radical (unpaired) electrons. The first-order valence-corrected chi connectivity index (χ1v) is 5.47. The van der Waals surface area contributed by atoms with Crippen molar-refractivity contribution in [2.45, 2.75) is 12.8 Å². The summed E-state index contributed by atoms with van der Waals surface area (Å²) in [6.07, 6.45) is 1.92. The van der Waals surface area contributed by atoms with Gasteiger partial charge < -0.3 is 10.0 Å². The minimum Gasteiger partial charge on any atom is -0.481 e. The zero-order chi connectivity index (χ0) is 12.8. The molecule has 0 spiro atoms. The Labute approximate surface area is 104 Å². The zero-order valence-electron chi connectivity index (χ0n) is 9.39. The molecule has 1 amide bonds. The SMILES string of the molecule is CN(CCCC(=O)O)C(=O)c1cc(Cl)ccn1. The van der Waals surface area contributed by atoms with E-state index < -0.39 is 5.97 Å². The standard InChI is InChI=1S/C11H13ClN2O3/c1-14(6-2-3-10(15)16)11(17)9-7-8(12)4-5-13-9/h4-5,7H,2-3,6H2,1H3,(H,15,16). The van der Waals surface area contributed by atoms with Gasteiger partial charge in [0.2, 0.25) is 0 Å². The van der Waals surface area contributed by atoms with E-state index in [-0.39, 0.29) is 18.0 Å². The van der Waals surface area contributed by atoms with Crippen LogP contribution < -0.4 is 0 Å². The van der Waals surface area contributed by atoms with Gasteiger partial charge in [0.25, 0.3) is 5.91 Å². The van der Waals surface area contributed by atoms with Crippen LogP contribution >= 0.6 is 11.6 Å². The van der Waals surface area contributed by atoms with Gasteiger partial charge >= 0.3 is 5.97 Å². The second-order valence-corrected chi connectivity index (χ2v) is 4.02. The topological polar surface area (TPSA) is 70.5 Å². The van der Waals surface area contributed by atoms with Crippen LogP contribution in [-0.4, -0.2) is 40.5 Å². The van der Waals surface area contributed by atoms with Crippen LogP contribution in [-0.2, 0) is 4.79 Å². The van der Waals surface area contributed by atoms with Gasteiger partial charge in [0.1, 0.15) is 5.69 Å². The molecule has 0 aliphatic heterocycles. The fourth-order valence-corrected chi connectivity index (χ4v) is 1.45. The van der Waals surface area contributed by atoms with Crippen LogP contribution in [0.15, 0.2) is 18.3 Å². The maximum atomic E-state index is 11.8. The molecule has 6 heteroatoms. The van der Waals surface area contributed by atoms with Crippen molar-refractivity contribution in [3.63, 3.8) is 0 Å². The first kappa shape index (κ1) is 13.4. The predicted octanol–water partition coefficient (Wildman–Crippen LogP) is 1.67. The van der Waals surface area contributed by atoms with E-state index in [2.05, 4.69) is 4.98 Å². The number of aromatic nitrogens is 1. The molecule has 1 N–H and O–H groups in total. The van der Waals surface area contributed by atoms with Crippen molar-refractivity contribution in [2.24, 2.45) is 0 Å². The Hall–Kier alpha value is -1.62. The van der Waals surface area contributed by atoms with Crippen molar-refractivity contribution < 1.29 is 14.7 Å². The van der Waals surface area contributed by atoms with E-state index in [0.717, 1.165) is 0 Å². The summed E-state index contributed by atoms with van der Waals surface area (Å²) in [5, 5.41) is 8.93. The highest BCUT2D eigenvalue weighted by Gasteiger charge is 2.13. The summed E-state index contributed by atoms with van der Waals surface area (Å²) in [6, 6.07) is 3.07. The molecule has 1 aromatic rings. The fourth-order valence-electron chi connectivity index (χ4n) is 1.29. The Bertz CT molecular complexity index is 423. The third kappa shape index (κ3) is 4.40. The van der Waals surface area contributed by atoms with E-state index in [1.807, 2.05) is 0 Å². The lowest BCUT2D eigenvalue weighted by molar-refractivity contribution is -0.137. The fraction of sp³-hybridized carbons (Fsp3) is 0.364. The largest absolute Gasteiger partial charge is 0.481 e. The normalized spacial score (nSPS) is 10.0. The molecule has 0 fully saturated rings. The summed E-state index contributed by atoms with van der Waals surface area (Å²) in [5.74, 6) is -1.13. The van der Waals surface area contributed by atoms with Crippen molar-refractivity contribution in [2.75, 3.05) is 13.6 Å². The molecule has 17 heavy (non-hydrogen) atoms. The number of pyridine rings is 1. The Morgan fingerprint density at radius 1 is 1.53 bits per heavy atom. The summed E-state index contributed by atoms with van der Waals surface area (Å²) < 4.78 is 0.